The molecule has 0 spiro atoms. The maximum Gasteiger partial charge on any atom is 0.191 e. The van der Waals surface area contributed by atoms with Crippen LogP contribution in [-0.4, -0.2) is 26.2 Å². The van der Waals surface area contributed by atoms with E-state index in [1.165, 1.54) is 16.7 Å². The van der Waals surface area contributed by atoms with E-state index in [0.29, 0.717) is 19.8 Å². The van der Waals surface area contributed by atoms with Crippen molar-refractivity contribution in [1.29, 1.82) is 0 Å². The van der Waals surface area contributed by atoms with Crippen molar-refractivity contribution in [2.24, 2.45) is 4.99 Å². The number of ether oxygens (including phenoxy) is 1. The number of halogens is 1. The van der Waals surface area contributed by atoms with Gasteiger partial charge in [-0.15, -0.1) is 24.0 Å². The summed E-state index contributed by atoms with van der Waals surface area (Å²) in [6.45, 7) is 6.25. The highest BCUT2D eigenvalue weighted by molar-refractivity contribution is 14.0. The average molecular weight is 453 g/mol. The van der Waals surface area contributed by atoms with Gasteiger partial charge in [0.15, 0.2) is 5.96 Å². The van der Waals surface area contributed by atoms with Gasteiger partial charge in [0.05, 0.1) is 19.3 Å². The Labute approximate surface area is 168 Å². The highest BCUT2D eigenvalue weighted by Crippen LogP contribution is 2.16. The normalized spacial score (nSPS) is 12.2. The van der Waals surface area contributed by atoms with E-state index in [1.807, 2.05) is 18.2 Å². The Morgan fingerprint density at radius 1 is 1.08 bits per heavy atom. The molecule has 0 saturated heterocycles. The third-order valence-electron chi connectivity index (χ3n) is 3.88. The minimum absolute atomic E-state index is 0. The lowest BCUT2D eigenvalue weighted by molar-refractivity contribution is 0.125. The first-order valence-electron chi connectivity index (χ1n) is 8.35. The SMILES string of the molecule is CN=C(NCCOCc1ccccc1)NC(C)c1ccccc1C.I. The summed E-state index contributed by atoms with van der Waals surface area (Å²) in [5.74, 6) is 0.786. The number of benzene rings is 2. The number of hydrogen-bond acceptors (Lipinski definition) is 2. The van der Waals surface area contributed by atoms with Crippen LogP contribution in [-0.2, 0) is 11.3 Å². The Hall–Kier alpha value is -1.60. The molecule has 2 rings (SSSR count). The lowest BCUT2D eigenvalue weighted by Gasteiger charge is -2.19. The zero-order valence-corrected chi connectivity index (χ0v) is 17.5. The molecule has 0 amide bonds. The van der Waals surface area contributed by atoms with Gasteiger partial charge in [-0.05, 0) is 30.5 Å². The van der Waals surface area contributed by atoms with E-state index >= 15 is 0 Å². The summed E-state index contributed by atoms with van der Waals surface area (Å²) in [6.07, 6.45) is 0. The zero-order valence-electron chi connectivity index (χ0n) is 15.2. The maximum atomic E-state index is 5.68. The lowest BCUT2D eigenvalue weighted by Crippen LogP contribution is -2.40. The Morgan fingerprint density at radius 2 is 1.76 bits per heavy atom. The van der Waals surface area contributed by atoms with Crippen molar-refractivity contribution in [2.45, 2.75) is 26.5 Å². The van der Waals surface area contributed by atoms with Crippen LogP contribution in [0.1, 0.15) is 29.7 Å². The third-order valence-corrected chi connectivity index (χ3v) is 3.88. The molecule has 0 fully saturated rings. The molecular formula is C20H28IN3O. The van der Waals surface area contributed by atoms with E-state index in [1.54, 1.807) is 7.05 Å². The van der Waals surface area contributed by atoms with Crippen LogP contribution in [0.2, 0.25) is 0 Å². The van der Waals surface area contributed by atoms with Crippen molar-refractivity contribution < 1.29 is 4.74 Å². The summed E-state index contributed by atoms with van der Waals surface area (Å²) >= 11 is 0. The number of hydrogen-bond donors (Lipinski definition) is 2. The fourth-order valence-corrected chi connectivity index (χ4v) is 2.56. The van der Waals surface area contributed by atoms with Crippen LogP contribution in [0.3, 0.4) is 0 Å². The molecular weight excluding hydrogens is 425 g/mol. The molecule has 0 radical (unpaired) electrons. The van der Waals surface area contributed by atoms with Crippen LogP contribution in [0.25, 0.3) is 0 Å². The van der Waals surface area contributed by atoms with Gasteiger partial charge in [-0.1, -0.05) is 54.6 Å². The van der Waals surface area contributed by atoms with Gasteiger partial charge in [-0.3, -0.25) is 4.99 Å². The summed E-state index contributed by atoms with van der Waals surface area (Å²) in [5, 5.41) is 6.71. The molecule has 4 nitrogen and oxygen atoms in total. The van der Waals surface area contributed by atoms with Crippen molar-refractivity contribution in [3.05, 3.63) is 71.3 Å². The number of rotatable bonds is 7. The predicted octanol–water partition coefficient (Wildman–Crippen LogP) is 4.06. The number of nitrogens with zero attached hydrogens (tertiary/aromatic N) is 1. The smallest absolute Gasteiger partial charge is 0.191 e. The molecule has 0 aliphatic rings. The van der Waals surface area contributed by atoms with Crippen molar-refractivity contribution in [1.82, 2.24) is 10.6 Å². The van der Waals surface area contributed by atoms with Crippen LogP contribution in [0, 0.1) is 6.92 Å². The minimum Gasteiger partial charge on any atom is -0.375 e. The van der Waals surface area contributed by atoms with Crippen molar-refractivity contribution >= 4 is 29.9 Å². The Kier molecular flexibility index (Phi) is 10.2. The Balaban J connectivity index is 0.00000312. The topological polar surface area (TPSA) is 45.7 Å². The molecule has 0 bridgehead atoms. The molecule has 0 aliphatic carbocycles. The van der Waals surface area contributed by atoms with Gasteiger partial charge in [0.25, 0.3) is 0 Å². The highest BCUT2D eigenvalue weighted by Gasteiger charge is 2.09. The van der Waals surface area contributed by atoms with Crippen molar-refractivity contribution in [3.8, 4) is 0 Å². The van der Waals surface area contributed by atoms with E-state index in [4.69, 9.17) is 4.74 Å². The summed E-state index contributed by atoms with van der Waals surface area (Å²) in [4.78, 5) is 4.28. The number of nitrogens with one attached hydrogen (secondary N) is 2. The molecule has 1 atom stereocenters. The number of aryl methyl sites for hydroxylation is 1. The molecule has 25 heavy (non-hydrogen) atoms. The number of aliphatic imine (C=N–C) groups is 1. The second-order valence-electron chi connectivity index (χ2n) is 5.76. The van der Waals surface area contributed by atoms with E-state index in [-0.39, 0.29) is 30.0 Å². The first kappa shape index (κ1) is 21.4. The van der Waals surface area contributed by atoms with E-state index in [2.05, 4.69) is 65.9 Å². The fraction of sp³-hybridized carbons (Fsp3) is 0.350. The van der Waals surface area contributed by atoms with Gasteiger partial charge in [0.1, 0.15) is 0 Å². The molecule has 0 saturated carbocycles. The molecule has 2 aromatic rings. The monoisotopic (exact) mass is 453 g/mol. The van der Waals surface area contributed by atoms with E-state index in [9.17, 15) is 0 Å². The molecule has 2 N–H and O–H groups in total. The average Bonchev–Trinajstić information content (AvgIpc) is 2.61. The van der Waals surface area contributed by atoms with Crippen molar-refractivity contribution in [3.63, 3.8) is 0 Å². The molecule has 0 aliphatic heterocycles. The van der Waals surface area contributed by atoms with Crippen LogP contribution in [0.5, 0.6) is 0 Å². The fourth-order valence-electron chi connectivity index (χ4n) is 2.56. The van der Waals surface area contributed by atoms with Gasteiger partial charge in [0, 0.05) is 13.6 Å². The first-order valence-corrected chi connectivity index (χ1v) is 8.35. The quantitative estimate of drug-likeness (QED) is 0.288. The maximum absolute atomic E-state index is 5.68. The molecule has 5 heteroatoms. The Morgan fingerprint density at radius 3 is 2.44 bits per heavy atom. The molecule has 2 aromatic carbocycles. The Bertz CT molecular complexity index is 646. The van der Waals surface area contributed by atoms with Crippen LogP contribution in [0.4, 0.5) is 0 Å². The molecule has 136 valence electrons. The lowest BCUT2D eigenvalue weighted by atomic mass is 10.0. The predicted molar refractivity (Wildman–Crippen MR) is 116 cm³/mol. The second kappa shape index (κ2) is 11.9. The summed E-state index contributed by atoms with van der Waals surface area (Å²) in [7, 11) is 1.78. The van der Waals surface area contributed by atoms with Gasteiger partial charge in [-0.2, -0.15) is 0 Å². The van der Waals surface area contributed by atoms with Crippen LogP contribution < -0.4 is 10.6 Å². The van der Waals surface area contributed by atoms with E-state index < -0.39 is 0 Å². The molecule has 1 unspecified atom stereocenters. The minimum atomic E-state index is 0. The third kappa shape index (κ3) is 7.44. The van der Waals surface area contributed by atoms with Crippen molar-refractivity contribution in [2.75, 3.05) is 20.2 Å². The van der Waals surface area contributed by atoms with Gasteiger partial charge >= 0.3 is 0 Å². The largest absolute Gasteiger partial charge is 0.375 e. The van der Waals surface area contributed by atoms with Crippen LogP contribution in [0.15, 0.2) is 59.6 Å². The van der Waals surface area contributed by atoms with Gasteiger partial charge < -0.3 is 15.4 Å². The standard InChI is InChI=1S/C20H27N3O.HI/c1-16-9-7-8-12-19(16)17(2)23-20(21-3)22-13-14-24-15-18-10-5-4-6-11-18;/h4-12,17H,13-15H2,1-3H3,(H2,21,22,23);1H. The summed E-state index contributed by atoms with van der Waals surface area (Å²) in [5.41, 5.74) is 3.74. The number of guanidine groups is 1. The summed E-state index contributed by atoms with van der Waals surface area (Å²) < 4.78 is 5.68. The highest BCUT2D eigenvalue weighted by atomic mass is 127. The second-order valence-corrected chi connectivity index (χ2v) is 5.76. The van der Waals surface area contributed by atoms with Crippen LogP contribution >= 0.6 is 24.0 Å². The van der Waals surface area contributed by atoms with Gasteiger partial charge in [-0.25, -0.2) is 0 Å². The molecule has 0 aromatic heterocycles. The first-order chi connectivity index (χ1) is 11.7. The summed E-state index contributed by atoms with van der Waals surface area (Å²) in [6, 6.07) is 18.8. The zero-order chi connectivity index (χ0) is 17.2. The van der Waals surface area contributed by atoms with Gasteiger partial charge in [0.2, 0.25) is 0 Å². The molecule has 0 heterocycles. The van der Waals surface area contributed by atoms with E-state index in [0.717, 1.165) is 5.96 Å².